The molecule has 1 saturated heterocycles. The van der Waals surface area contributed by atoms with E-state index in [1.165, 1.54) is 77.0 Å². The second-order valence-electron chi connectivity index (χ2n) is 21.4. The number of amides is 2. The number of piperidine rings is 1. The highest BCUT2D eigenvalue weighted by Crippen LogP contribution is 2.45. The molecule has 0 unspecified atom stereocenters. The molecular weight excluding hydrogens is 887 g/mol. The number of aryl methyl sites for hydroxylation is 1. The van der Waals surface area contributed by atoms with Crippen molar-refractivity contribution in [2.75, 3.05) is 43.2 Å². The summed E-state index contributed by atoms with van der Waals surface area (Å²) in [5, 5.41) is 12.6. The summed E-state index contributed by atoms with van der Waals surface area (Å²) >= 11 is 0. The number of nitrogens with zero attached hydrogens (tertiary/aromatic N) is 4. The highest BCUT2D eigenvalue weighted by atomic mass is 16.5. The Kier molecular flexibility index (Phi) is 22.5. The lowest BCUT2D eigenvalue weighted by Gasteiger charge is -2.36. The zero-order valence-corrected chi connectivity index (χ0v) is 43.7. The number of carboxylic acid groups (broad SMARTS) is 1. The van der Waals surface area contributed by atoms with Crippen LogP contribution >= 0.6 is 0 Å². The van der Waals surface area contributed by atoms with Crippen LogP contribution in [-0.4, -0.2) is 66.2 Å². The topological polar surface area (TPSA) is 134 Å². The molecule has 2 amide bonds. The molecular formula is C60H85N5O6. The Hall–Kier alpha value is -5.45. The summed E-state index contributed by atoms with van der Waals surface area (Å²) in [6, 6.07) is 25.7. The van der Waals surface area contributed by atoms with Crippen molar-refractivity contribution in [3.05, 3.63) is 107 Å². The van der Waals surface area contributed by atoms with Crippen LogP contribution in [0.15, 0.2) is 85.1 Å². The normalized spacial score (nSPS) is 14.5. The van der Waals surface area contributed by atoms with Crippen molar-refractivity contribution in [3.8, 4) is 11.6 Å². The van der Waals surface area contributed by atoms with Crippen LogP contribution in [0.4, 0.5) is 11.5 Å². The second-order valence-corrected chi connectivity index (χ2v) is 21.4. The zero-order valence-electron chi connectivity index (χ0n) is 43.7. The number of carbonyl (C=O) groups excluding carboxylic acids is 2. The van der Waals surface area contributed by atoms with E-state index in [0.717, 1.165) is 87.0 Å². The number of hydrogen-bond donors (Lipinski definition) is 2. The van der Waals surface area contributed by atoms with Crippen molar-refractivity contribution in [3.63, 3.8) is 0 Å². The zero-order chi connectivity index (χ0) is 50.3. The van der Waals surface area contributed by atoms with Crippen LogP contribution in [0.25, 0.3) is 0 Å². The molecule has 1 aliphatic heterocycles. The van der Waals surface area contributed by atoms with Crippen LogP contribution in [-0.2, 0) is 16.1 Å². The van der Waals surface area contributed by atoms with E-state index in [0.29, 0.717) is 61.0 Å². The highest BCUT2D eigenvalue weighted by molar-refractivity contribution is 6.09. The Morgan fingerprint density at radius 3 is 2.06 bits per heavy atom. The van der Waals surface area contributed by atoms with Gasteiger partial charge in [-0.15, -0.1) is 0 Å². The first-order valence-electron chi connectivity index (χ1n) is 27.3. The molecule has 1 aliphatic carbocycles. The molecule has 2 aliphatic rings. The molecule has 2 N–H and O–H groups in total. The first-order chi connectivity index (χ1) is 34.5. The number of ether oxygens (including phenoxy) is 2. The Bertz CT molecular complexity index is 2220. The standard InChI is InChI=1S/C60H85N5O6/c1-46-24-23-27-55(63-46)65(45-60(2,3)36-22-17-15-13-11-9-7-5-6-8-10-12-14-16-21-28-56(66)62-43-47-25-19-18-20-26-47)59(69)52-32-31-51(70-4)41-54(52)64-38-34-48(35-39-64)44-71-57-40-50(33-37-61-57)53(42-58(67)68)49-29-30-49/h18-20,23-27,31-33,37,40-41,48-49,53H,5-17,21-22,28-30,34-36,38-39,42-45H2,1-4H3,(H,62,66)(H,67,68)/t53-/m0/s1. The van der Waals surface area contributed by atoms with Crippen molar-refractivity contribution >= 4 is 29.3 Å². The third-order valence-corrected chi connectivity index (χ3v) is 14.7. The number of rotatable bonds is 33. The van der Waals surface area contributed by atoms with Gasteiger partial charge in [-0.25, -0.2) is 9.97 Å². The fraction of sp³-hybridized carbons (Fsp3) is 0.583. The lowest BCUT2D eigenvalue weighted by atomic mass is 9.85. The fourth-order valence-electron chi connectivity index (χ4n) is 10.3. The van der Waals surface area contributed by atoms with E-state index in [1.54, 1.807) is 13.3 Å². The molecule has 71 heavy (non-hydrogen) atoms. The molecule has 1 saturated carbocycles. The Balaban J connectivity index is 0.888. The van der Waals surface area contributed by atoms with Crippen LogP contribution in [0.2, 0.25) is 0 Å². The molecule has 2 fully saturated rings. The monoisotopic (exact) mass is 972 g/mol. The summed E-state index contributed by atoms with van der Waals surface area (Å²) in [5.74, 6) is 2.03. The average molecular weight is 972 g/mol. The number of pyridine rings is 2. The van der Waals surface area contributed by atoms with E-state index in [1.807, 2.05) is 90.7 Å². The molecule has 2 aromatic carbocycles. The first kappa shape index (κ1) is 54.9. The lowest BCUT2D eigenvalue weighted by molar-refractivity contribution is -0.137. The number of anilines is 2. The number of aromatic nitrogens is 2. The van der Waals surface area contributed by atoms with Gasteiger partial charge in [0.25, 0.3) is 5.91 Å². The molecule has 4 aromatic rings. The minimum absolute atomic E-state index is 0.000275. The van der Waals surface area contributed by atoms with Gasteiger partial charge in [0, 0.05) is 56.6 Å². The van der Waals surface area contributed by atoms with Gasteiger partial charge in [0.05, 0.1) is 31.4 Å². The summed E-state index contributed by atoms with van der Waals surface area (Å²) < 4.78 is 11.9. The summed E-state index contributed by atoms with van der Waals surface area (Å²) in [6.07, 6.45) is 26.2. The van der Waals surface area contributed by atoms with Gasteiger partial charge in [-0.2, -0.15) is 0 Å². The Morgan fingerprint density at radius 1 is 0.789 bits per heavy atom. The third-order valence-electron chi connectivity index (χ3n) is 14.7. The van der Waals surface area contributed by atoms with Gasteiger partial charge < -0.3 is 24.8 Å². The van der Waals surface area contributed by atoms with Gasteiger partial charge in [0.1, 0.15) is 11.6 Å². The van der Waals surface area contributed by atoms with Gasteiger partial charge >= 0.3 is 5.97 Å². The fourth-order valence-corrected chi connectivity index (χ4v) is 10.3. The van der Waals surface area contributed by atoms with Gasteiger partial charge in [-0.3, -0.25) is 19.3 Å². The summed E-state index contributed by atoms with van der Waals surface area (Å²) in [6.45, 7) is 9.81. The smallest absolute Gasteiger partial charge is 0.303 e. The van der Waals surface area contributed by atoms with E-state index in [9.17, 15) is 19.5 Å². The summed E-state index contributed by atoms with van der Waals surface area (Å²) in [4.78, 5) is 52.2. The molecule has 1 atom stereocenters. The number of unbranched alkanes of at least 4 members (excludes halogenated alkanes) is 14. The van der Waals surface area contributed by atoms with Crippen molar-refractivity contribution in [2.45, 2.75) is 174 Å². The number of hydrogen-bond acceptors (Lipinski definition) is 8. The minimum Gasteiger partial charge on any atom is -0.497 e. The number of carboxylic acids is 1. The predicted octanol–water partition coefficient (Wildman–Crippen LogP) is 13.7. The van der Waals surface area contributed by atoms with Gasteiger partial charge in [-0.1, -0.05) is 140 Å². The average Bonchev–Trinajstić information content (AvgIpc) is 4.23. The molecule has 0 bridgehead atoms. The maximum atomic E-state index is 14.9. The minimum atomic E-state index is -0.771. The third kappa shape index (κ3) is 19.2. The number of benzene rings is 2. The van der Waals surface area contributed by atoms with Crippen molar-refractivity contribution in [1.29, 1.82) is 0 Å². The van der Waals surface area contributed by atoms with Gasteiger partial charge in [-0.05, 0) is 110 Å². The molecule has 6 rings (SSSR count). The molecule has 3 heterocycles. The van der Waals surface area contributed by atoms with Crippen LogP contribution in [0.5, 0.6) is 11.6 Å². The molecule has 2 aromatic heterocycles. The van der Waals surface area contributed by atoms with Gasteiger partial charge in [0.15, 0.2) is 0 Å². The predicted molar refractivity (Wildman–Crippen MR) is 287 cm³/mol. The quantitative estimate of drug-likeness (QED) is 0.0448. The molecule has 11 nitrogen and oxygen atoms in total. The summed E-state index contributed by atoms with van der Waals surface area (Å²) in [5.41, 5.74) is 4.43. The Morgan fingerprint density at radius 2 is 1.44 bits per heavy atom. The van der Waals surface area contributed by atoms with Crippen molar-refractivity contribution < 1.29 is 29.0 Å². The molecule has 11 heteroatoms. The van der Waals surface area contributed by atoms with E-state index < -0.39 is 5.97 Å². The Labute approximate surface area is 425 Å². The maximum Gasteiger partial charge on any atom is 0.303 e. The van der Waals surface area contributed by atoms with E-state index in [4.69, 9.17) is 14.5 Å². The second kappa shape index (κ2) is 29.2. The van der Waals surface area contributed by atoms with Crippen molar-refractivity contribution in [2.24, 2.45) is 17.3 Å². The lowest BCUT2D eigenvalue weighted by Crippen LogP contribution is -2.41. The van der Waals surface area contributed by atoms with E-state index in [2.05, 4.69) is 29.0 Å². The number of methoxy groups -OCH3 is 1. The number of carbonyl (C=O) groups is 3. The maximum absolute atomic E-state index is 14.9. The van der Waals surface area contributed by atoms with Crippen molar-refractivity contribution in [1.82, 2.24) is 15.3 Å². The van der Waals surface area contributed by atoms with Crippen LogP contribution in [0.3, 0.4) is 0 Å². The van der Waals surface area contributed by atoms with Crippen LogP contribution in [0.1, 0.15) is 188 Å². The van der Waals surface area contributed by atoms with Crippen LogP contribution in [0, 0.1) is 24.2 Å². The number of nitrogens with one attached hydrogen (secondary N) is 1. The first-order valence-corrected chi connectivity index (χ1v) is 27.3. The summed E-state index contributed by atoms with van der Waals surface area (Å²) in [7, 11) is 1.67. The largest absolute Gasteiger partial charge is 0.497 e. The highest BCUT2D eigenvalue weighted by Gasteiger charge is 2.35. The molecule has 0 radical (unpaired) electrons. The van der Waals surface area contributed by atoms with E-state index >= 15 is 0 Å². The SMILES string of the molecule is COc1ccc(C(=O)N(CC(C)(C)CCCCCCCCCCCCCCCCCC(=O)NCc2ccccc2)c2cccc(C)n2)c(N2CCC(COc3cc([C@@H](CC(=O)O)C4CC4)ccn3)CC2)c1. The van der Waals surface area contributed by atoms with Crippen LogP contribution < -0.4 is 24.6 Å². The molecule has 0 spiro atoms. The molecule has 386 valence electrons. The van der Waals surface area contributed by atoms with E-state index in [-0.39, 0.29) is 29.6 Å². The number of aliphatic carboxylic acids is 1. The van der Waals surface area contributed by atoms with Gasteiger partial charge in [0.2, 0.25) is 11.8 Å².